The summed E-state index contributed by atoms with van der Waals surface area (Å²) in [6.07, 6.45) is -0.0732. The highest BCUT2D eigenvalue weighted by Gasteiger charge is 2.21. The van der Waals surface area contributed by atoms with Gasteiger partial charge in [-0.3, -0.25) is 9.89 Å². The van der Waals surface area contributed by atoms with Gasteiger partial charge in [0.05, 0.1) is 0 Å². The topological polar surface area (TPSA) is 99.3 Å². The molecular formula is C16H19FN4O3. The highest BCUT2D eigenvalue weighted by atomic mass is 19.1. The number of fused-ring (bicyclic) bond motifs is 1. The summed E-state index contributed by atoms with van der Waals surface area (Å²) in [6.45, 7) is 1.49. The third kappa shape index (κ3) is 3.90. The molecule has 0 fully saturated rings. The first-order valence-electron chi connectivity index (χ1n) is 7.75. The highest BCUT2D eigenvalue weighted by molar-refractivity contribution is 5.94. The van der Waals surface area contributed by atoms with Gasteiger partial charge in [0.25, 0.3) is 5.91 Å². The van der Waals surface area contributed by atoms with E-state index in [1.807, 2.05) is 0 Å². The second-order valence-electron chi connectivity index (χ2n) is 5.58. The van der Waals surface area contributed by atoms with Gasteiger partial charge in [0.15, 0.2) is 5.69 Å². The number of ether oxygens (including phenoxy) is 1. The predicted molar refractivity (Wildman–Crippen MR) is 84.2 cm³/mol. The number of nitrogens with zero attached hydrogens (tertiary/aromatic N) is 1. The van der Waals surface area contributed by atoms with Crippen molar-refractivity contribution in [1.82, 2.24) is 20.8 Å². The average molecular weight is 334 g/mol. The van der Waals surface area contributed by atoms with E-state index in [9.17, 15) is 14.3 Å². The van der Waals surface area contributed by atoms with Crippen molar-refractivity contribution in [2.75, 3.05) is 19.7 Å². The Balaban J connectivity index is 1.47. The lowest BCUT2D eigenvalue weighted by Crippen LogP contribution is -2.36. The number of hydrogen-bond acceptors (Lipinski definition) is 5. The second-order valence-corrected chi connectivity index (χ2v) is 5.58. The molecule has 128 valence electrons. The lowest BCUT2D eigenvalue weighted by Gasteiger charge is -2.14. The Hall–Kier alpha value is -2.45. The molecule has 8 heteroatoms. The number of carbonyl (C=O) groups is 1. The van der Waals surface area contributed by atoms with Crippen molar-refractivity contribution in [3.8, 4) is 5.75 Å². The first-order valence-corrected chi connectivity index (χ1v) is 7.75. The summed E-state index contributed by atoms with van der Waals surface area (Å²) >= 11 is 0. The van der Waals surface area contributed by atoms with Crippen LogP contribution in [0, 0.1) is 5.82 Å². The van der Waals surface area contributed by atoms with Crippen LogP contribution in [0.1, 0.15) is 21.7 Å². The molecule has 1 aromatic heterocycles. The molecule has 0 spiro atoms. The van der Waals surface area contributed by atoms with Gasteiger partial charge in [-0.15, -0.1) is 0 Å². The number of aromatic nitrogens is 2. The quantitative estimate of drug-likeness (QED) is 0.611. The fourth-order valence-electron chi connectivity index (χ4n) is 2.49. The van der Waals surface area contributed by atoms with Crippen molar-refractivity contribution in [1.29, 1.82) is 0 Å². The lowest BCUT2D eigenvalue weighted by molar-refractivity contribution is 0.0838. The van der Waals surface area contributed by atoms with Crippen molar-refractivity contribution < 1.29 is 19.0 Å². The van der Waals surface area contributed by atoms with E-state index in [1.165, 1.54) is 24.3 Å². The number of rotatable bonds is 6. The van der Waals surface area contributed by atoms with Crippen LogP contribution in [0.2, 0.25) is 0 Å². The third-order valence-electron chi connectivity index (χ3n) is 3.78. The zero-order chi connectivity index (χ0) is 16.9. The van der Waals surface area contributed by atoms with Gasteiger partial charge in [0.2, 0.25) is 0 Å². The van der Waals surface area contributed by atoms with Crippen molar-refractivity contribution in [2.24, 2.45) is 0 Å². The molecule has 2 aromatic rings. The molecule has 1 aromatic carbocycles. The summed E-state index contributed by atoms with van der Waals surface area (Å²) in [5.74, 6) is -0.238. The average Bonchev–Trinajstić information content (AvgIpc) is 3.03. The molecule has 1 aliphatic heterocycles. The third-order valence-corrected chi connectivity index (χ3v) is 3.78. The molecule has 1 amide bonds. The van der Waals surface area contributed by atoms with Crippen molar-refractivity contribution >= 4 is 5.91 Å². The maximum absolute atomic E-state index is 12.8. The fourth-order valence-corrected chi connectivity index (χ4v) is 2.49. The molecule has 2 heterocycles. The van der Waals surface area contributed by atoms with E-state index < -0.39 is 6.10 Å². The van der Waals surface area contributed by atoms with E-state index in [0.29, 0.717) is 18.0 Å². The monoisotopic (exact) mass is 334 g/mol. The lowest BCUT2D eigenvalue weighted by atomic mass is 10.1. The molecule has 1 unspecified atom stereocenters. The number of halogens is 1. The Morgan fingerprint density at radius 2 is 2.21 bits per heavy atom. The van der Waals surface area contributed by atoms with E-state index in [4.69, 9.17) is 4.74 Å². The number of aromatic amines is 1. The van der Waals surface area contributed by atoms with Crippen molar-refractivity contribution in [3.05, 3.63) is 47.0 Å². The molecule has 0 radical (unpaired) electrons. The van der Waals surface area contributed by atoms with Gasteiger partial charge in [-0.05, 0) is 24.3 Å². The van der Waals surface area contributed by atoms with E-state index >= 15 is 0 Å². The van der Waals surface area contributed by atoms with Crippen LogP contribution in [0.15, 0.2) is 24.3 Å². The van der Waals surface area contributed by atoms with Crippen molar-refractivity contribution in [2.45, 2.75) is 19.1 Å². The minimum absolute atomic E-state index is 0.00780. The van der Waals surface area contributed by atoms with Crippen LogP contribution in [0.5, 0.6) is 5.75 Å². The SMILES string of the molecule is O=C(NCC(O)COc1ccc(F)cc1)c1n[nH]c2c1CNCC2. The van der Waals surface area contributed by atoms with Gasteiger partial charge in [-0.1, -0.05) is 0 Å². The van der Waals surface area contributed by atoms with Gasteiger partial charge in [-0.2, -0.15) is 5.10 Å². The van der Waals surface area contributed by atoms with E-state index in [1.54, 1.807) is 0 Å². The van der Waals surface area contributed by atoms with Crippen LogP contribution in [0.4, 0.5) is 4.39 Å². The summed E-state index contributed by atoms with van der Waals surface area (Å²) in [5.41, 5.74) is 2.19. The molecule has 3 rings (SSSR count). The normalized spacial score (nSPS) is 14.8. The van der Waals surface area contributed by atoms with E-state index in [0.717, 1.165) is 24.2 Å². The van der Waals surface area contributed by atoms with Gasteiger partial charge in [-0.25, -0.2) is 4.39 Å². The molecule has 0 bridgehead atoms. The number of nitrogens with one attached hydrogen (secondary N) is 3. The minimum atomic E-state index is -0.883. The maximum Gasteiger partial charge on any atom is 0.272 e. The minimum Gasteiger partial charge on any atom is -0.491 e. The molecule has 7 nitrogen and oxygen atoms in total. The Morgan fingerprint density at radius 1 is 1.42 bits per heavy atom. The molecule has 0 saturated heterocycles. The standard InChI is InChI=1S/C16H19FN4O3/c17-10-1-3-12(4-2-10)24-9-11(22)7-19-16(23)15-13-8-18-6-5-14(13)20-21-15/h1-4,11,18,22H,5-9H2,(H,19,23)(H,20,21). The first-order chi connectivity index (χ1) is 11.6. The molecule has 1 atom stereocenters. The Labute approximate surface area is 138 Å². The van der Waals surface area contributed by atoms with Crippen LogP contribution in [0.3, 0.4) is 0 Å². The molecule has 0 saturated carbocycles. The number of benzene rings is 1. The zero-order valence-corrected chi connectivity index (χ0v) is 13.0. The van der Waals surface area contributed by atoms with Crippen LogP contribution in [0.25, 0.3) is 0 Å². The van der Waals surface area contributed by atoms with Gasteiger partial charge in [0, 0.05) is 37.3 Å². The summed E-state index contributed by atoms with van der Waals surface area (Å²) in [4.78, 5) is 12.2. The number of aliphatic hydroxyl groups is 1. The summed E-state index contributed by atoms with van der Waals surface area (Å²) < 4.78 is 18.1. The van der Waals surface area contributed by atoms with Gasteiger partial charge < -0.3 is 20.5 Å². The number of amides is 1. The zero-order valence-electron chi connectivity index (χ0n) is 13.0. The fraction of sp³-hybridized carbons (Fsp3) is 0.375. The summed E-state index contributed by atoms with van der Waals surface area (Å²) in [6, 6.07) is 5.50. The van der Waals surface area contributed by atoms with Crippen LogP contribution < -0.4 is 15.4 Å². The summed E-state index contributed by atoms with van der Waals surface area (Å²) in [7, 11) is 0. The van der Waals surface area contributed by atoms with Crippen LogP contribution in [-0.4, -0.2) is 47.0 Å². The second kappa shape index (κ2) is 7.41. The van der Waals surface area contributed by atoms with Crippen LogP contribution >= 0.6 is 0 Å². The first kappa shape index (κ1) is 16.4. The molecule has 1 aliphatic rings. The number of H-pyrrole nitrogens is 1. The smallest absolute Gasteiger partial charge is 0.272 e. The van der Waals surface area contributed by atoms with Gasteiger partial charge in [0.1, 0.15) is 24.3 Å². The van der Waals surface area contributed by atoms with E-state index in [-0.39, 0.29) is 24.9 Å². The van der Waals surface area contributed by atoms with E-state index in [2.05, 4.69) is 20.8 Å². The number of carbonyl (C=O) groups excluding carboxylic acids is 1. The maximum atomic E-state index is 12.8. The van der Waals surface area contributed by atoms with Crippen LogP contribution in [-0.2, 0) is 13.0 Å². The number of aliphatic hydroxyl groups excluding tert-OH is 1. The molecular weight excluding hydrogens is 315 g/mol. The predicted octanol–water partition coefficient (Wildman–Crippen LogP) is 0.364. The highest BCUT2D eigenvalue weighted by Crippen LogP contribution is 2.15. The van der Waals surface area contributed by atoms with Crippen molar-refractivity contribution in [3.63, 3.8) is 0 Å². The number of hydrogen-bond donors (Lipinski definition) is 4. The molecule has 4 N–H and O–H groups in total. The Morgan fingerprint density at radius 3 is 3.00 bits per heavy atom. The molecule has 0 aliphatic carbocycles. The summed E-state index contributed by atoms with van der Waals surface area (Å²) in [5, 5.41) is 22.7. The largest absolute Gasteiger partial charge is 0.491 e. The Bertz CT molecular complexity index is 702. The van der Waals surface area contributed by atoms with Gasteiger partial charge >= 0.3 is 0 Å². The molecule has 24 heavy (non-hydrogen) atoms. The Kier molecular flexibility index (Phi) is 5.07.